The quantitative estimate of drug-likeness (QED) is 0.650. The van der Waals surface area contributed by atoms with Crippen molar-refractivity contribution in [3.8, 4) is 0 Å². The normalized spacial score (nSPS) is 17.2. The van der Waals surface area contributed by atoms with Crippen molar-refractivity contribution >= 4 is 22.9 Å². The van der Waals surface area contributed by atoms with Crippen molar-refractivity contribution in [2.45, 2.75) is 32.0 Å². The maximum atomic E-state index is 12.3. The van der Waals surface area contributed by atoms with Crippen LogP contribution in [0.15, 0.2) is 35.0 Å². The van der Waals surface area contributed by atoms with Gasteiger partial charge in [0.05, 0.1) is 23.8 Å². The lowest BCUT2D eigenvalue weighted by Gasteiger charge is -2.14. The highest BCUT2D eigenvalue weighted by Gasteiger charge is 2.21. The van der Waals surface area contributed by atoms with Crippen LogP contribution in [0.5, 0.6) is 0 Å². The first-order valence-corrected chi connectivity index (χ1v) is 8.30. The molecule has 1 fully saturated rings. The highest BCUT2D eigenvalue weighted by atomic mass is 16.5. The lowest BCUT2D eigenvalue weighted by molar-refractivity contribution is 0.0986. The summed E-state index contributed by atoms with van der Waals surface area (Å²) in [6.45, 7) is 1.67. The van der Waals surface area contributed by atoms with E-state index in [4.69, 9.17) is 4.52 Å². The van der Waals surface area contributed by atoms with E-state index in [9.17, 15) is 9.90 Å². The van der Waals surface area contributed by atoms with Gasteiger partial charge in [0.15, 0.2) is 0 Å². The number of aromatic nitrogens is 3. The van der Waals surface area contributed by atoms with Crippen molar-refractivity contribution in [3.05, 3.63) is 41.8 Å². The highest BCUT2D eigenvalue weighted by molar-refractivity contribution is 6.02. The van der Waals surface area contributed by atoms with Gasteiger partial charge >= 0.3 is 0 Å². The minimum atomic E-state index is -0.393. The molecule has 0 spiro atoms. The summed E-state index contributed by atoms with van der Waals surface area (Å²) in [5.74, 6) is 0.199. The Labute approximate surface area is 143 Å². The van der Waals surface area contributed by atoms with Crippen molar-refractivity contribution in [1.29, 1.82) is 0 Å². The molecular weight excluding hydrogens is 322 g/mol. The second-order valence-corrected chi connectivity index (χ2v) is 6.15. The maximum absolute atomic E-state index is 12.3. The van der Waals surface area contributed by atoms with Gasteiger partial charge in [-0.3, -0.25) is 10.1 Å². The smallest absolute Gasteiger partial charge is 0.296 e. The average molecular weight is 341 g/mol. The number of carbonyl (C=O) groups excluding carboxylic acids is 1. The molecule has 8 heteroatoms. The van der Waals surface area contributed by atoms with E-state index in [2.05, 4.69) is 20.8 Å². The Hall–Kier alpha value is -2.71. The van der Waals surface area contributed by atoms with Gasteiger partial charge in [0, 0.05) is 18.7 Å². The van der Waals surface area contributed by atoms with E-state index in [1.165, 1.54) is 12.3 Å². The third kappa shape index (κ3) is 3.13. The van der Waals surface area contributed by atoms with Crippen LogP contribution >= 0.6 is 0 Å². The number of imidazole rings is 1. The second kappa shape index (κ2) is 6.66. The first kappa shape index (κ1) is 15.8. The van der Waals surface area contributed by atoms with E-state index in [1.807, 2.05) is 22.8 Å². The van der Waals surface area contributed by atoms with Gasteiger partial charge in [-0.2, -0.15) is 0 Å². The monoisotopic (exact) mass is 341 g/mol. The highest BCUT2D eigenvalue weighted by Crippen LogP contribution is 2.23. The zero-order chi connectivity index (χ0) is 17.2. The van der Waals surface area contributed by atoms with E-state index < -0.39 is 5.91 Å². The molecule has 1 atom stereocenters. The number of benzene rings is 1. The summed E-state index contributed by atoms with van der Waals surface area (Å²) in [6.07, 6.45) is 3.66. The molecule has 1 amide bonds. The Bertz CT molecular complexity index is 881. The Morgan fingerprint density at radius 3 is 3.08 bits per heavy atom. The number of aliphatic hydroxyl groups is 1. The number of amides is 1. The summed E-state index contributed by atoms with van der Waals surface area (Å²) >= 11 is 0. The predicted octanol–water partition coefficient (Wildman–Crippen LogP) is 1.52. The molecule has 8 nitrogen and oxygen atoms in total. The van der Waals surface area contributed by atoms with E-state index in [1.54, 1.807) is 0 Å². The average Bonchev–Trinajstić information content (AvgIpc) is 3.36. The lowest BCUT2D eigenvalue weighted by atomic mass is 10.2. The molecule has 4 rings (SSSR count). The molecule has 0 aliphatic carbocycles. The molecule has 2 aromatic heterocycles. The molecule has 1 aliphatic rings. The molecule has 0 radical (unpaired) electrons. The molecule has 1 saturated heterocycles. The number of hydrogen-bond acceptors (Lipinski definition) is 6. The van der Waals surface area contributed by atoms with E-state index in [0.29, 0.717) is 18.5 Å². The number of nitrogens with zero attached hydrogens (tertiary/aromatic N) is 3. The third-order valence-electron chi connectivity index (χ3n) is 4.45. The van der Waals surface area contributed by atoms with Crippen LogP contribution in [0.3, 0.4) is 0 Å². The van der Waals surface area contributed by atoms with Gasteiger partial charge in [0.1, 0.15) is 0 Å². The summed E-state index contributed by atoms with van der Waals surface area (Å²) < 4.78 is 6.90. The minimum Gasteiger partial charge on any atom is -0.392 e. The standard InChI is InChI=1S/C17H19N5O3/c23-10-11-3-4-14-13(8-11)20-17(21-16(24)15-5-7-19-25-15)22(14)9-12-2-1-6-18-12/h3-5,7-8,12,18,23H,1-2,6,9-10H2,(H,20,21,24). The van der Waals surface area contributed by atoms with Gasteiger partial charge in [-0.15, -0.1) is 0 Å². The van der Waals surface area contributed by atoms with Crippen LogP contribution in [0, 0.1) is 0 Å². The van der Waals surface area contributed by atoms with Gasteiger partial charge in [0.2, 0.25) is 11.7 Å². The number of carbonyl (C=O) groups is 1. The van der Waals surface area contributed by atoms with Crippen molar-refractivity contribution in [2.75, 3.05) is 11.9 Å². The Morgan fingerprint density at radius 2 is 2.36 bits per heavy atom. The second-order valence-electron chi connectivity index (χ2n) is 6.15. The van der Waals surface area contributed by atoms with E-state index >= 15 is 0 Å². The number of hydrogen-bond donors (Lipinski definition) is 3. The molecule has 3 N–H and O–H groups in total. The molecule has 25 heavy (non-hydrogen) atoms. The predicted molar refractivity (Wildman–Crippen MR) is 91.1 cm³/mol. The Morgan fingerprint density at radius 1 is 1.44 bits per heavy atom. The van der Waals surface area contributed by atoms with Crippen LogP contribution < -0.4 is 10.6 Å². The summed E-state index contributed by atoms with van der Waals surface area (Å²) in [5, 5.41) is 19.2. The molecule has 0 saturated carbocycles. The van der Waals surface area contributed by atoms with Gasteiger partial charge in [-0.1, -0.05) is 11.2 Å². The maximum Gasteiger partial charge on any atom is 0.296 e. The van der Waals surface area contributed by atoms with Crippen molar-refractivity contribution in [3.63, 3.8) is 0 Å². The van der Waals surface area contributed by atoms with Gasteiger partial charge < -0.3 is 19.5 Å². The summed E-state index contributed by atoms with van der Waals surface area (Å²) in [4.78, 5) is 16.9. The number of aliphatic hydroxyl groups excluding tert-OH is 1. The largest absolute Gasteiger partial charge is 0.392 e. The van der Waals surface area contributed by atoms with Crippen LogP contribution in [0.2, 0.25) is 0 Å². The van der Waals surface area contributed by atoms with Crippen LogP contribution in [0.1, 0.15) is 29.0 Å². The first-order chi connectivity index (χ1) is 12.2. The fourth-order valence-electron chi connectivity index (χ4n) is 3.18. The third-order valence-corrected chi connectivity index (χ3v) is 4.45. The lowest BCUT2D eigenvalue weighted by Crippen LogP contribution is -2.28. The minimum absolute atomic E-state index is 0.0489. The van der Waals surface area contributed by atoms with Crippen LogP contribution in [0.4, 0.5) is 5.95 Å². The van der Waals surface area contributed by atoms with Crippen LogP contribution in [-0.4, -0.2) is 38.3 Å². The summed E-state index contributed by atoms with van der Waals surface area (Å²) in [7, 11) is 0. The molecule has 1 unspecified atom stereocenters. The van der Waals surface area contributed by atoms with E-state index in [0.717, 1.165) is 36.0 Å². The SMILES string of the molecule is O=C(Nc1nc2cc(CO)ccc2n1CC1CCCN1)c1ccno1. The fourth-order valence-corrected chi connectivity index (χ4v) is 3.18. The van der Waals surface area contributed by atoms with Gasteiger partial charge in [-0.25, -0.2) is 4.98 Å². The molecule has 0 bridgehead atoms. The Kier molecular flexibility index (Phi) is 4.21. The molecular formula is C17H19N5O3. The molecule has 1 aromatic carbocycles. The number of nitrogens with one attached hydrogen (secondary N) is 2. The number of anilines is 1. The molecule has 3 aromatic rings. The fraction of sp³-hybridized carbons (Fsp3) is 0.353. The topological polar surface area (TPSA) is 105 Å². The van der Waals surface area contributed by atoms with Gasteiger partial charge in [-0.05, 0) is 37.1 Å². The number of fused-ring (bicyclic) bond motifs is 1. The van der Waals surface area contributed by atoms with Crippen molar-refractivity contribution in [1.82, 2.24) is 20.0 Å². The zero-order valence-corrected chi connectivity index (χ0v) is 13.6. The number of rotatable bonds is 5. The molecule has 3 heterocycles. The first-order valence-electron chi connectivity index (χ1n) is 8.30. The zero-order valence-electron chi connectivity index (χ0n) is 13.6. The van der Waals surface area contributed by atoms with Crippen molar-refractivity contribution in [2.24, 2.45) is 0 Å². The van der Waals surface area contributed by atoms with E-state index in [-0.39, 0.29) is 12.4 Å². The Balaban J connectivity index is 1.70. The summed E-state index contributed by atoms with van der Waals surface area (Å²) in [6, 6.07) is 7.47. The molecule has 130 valence electrons. The molecule has 1 aliphatic heterocycles. The summed E-state index contributed by atoms with van der Waals surface area (Å²) in [5.41, 5.74) is 2.43. The van der Waals surface area contributed by atoms with Crippen LogP contribution in [-0.2, 0) is 13.2 Å². The van der Waals surface area contributed by atoms with Gasteiger partial charge in [0.25, 0.3) is 5.91 Å². The van der Waals surface area contributed by atoms with Crippen LogP contribution in [0.25, 0.3) is 11.0 Å². The van der Waals surface area contributed by atoms with Crippen molar-refractivity contribution < 1.29 is 14.4 Å².